The highest BCUT2D eigenvalue weighted by Gasteiger charge is 2.59. The lowest BCUT2D eigenvalue weighted by Gasteiger charge is -2.46. The maximum atomic E-state index is 14.0. The number of benzene rings is 2. The molecule has 0 radical (unpaired) electrons. The number of carbonyl (C=O) groups excluding carboxylic acids is 4. The molecule has 0 unspecified atom stereocenters. The zero-order valence-corrected chi connectivity index (χ0v) is 23.6. The van der Waals surface area contributed by atoms with Gasteiger partial charge in [0.2, 0.25) is 5.78 Å². The SMILES string of the molecule is COc1ccc(CC(=O)Cc2cc(C(C)C)c3c(c2O)C(=O)C2=C(O)[C@]4(O)C(=O)C(C(N)=O)=C(O)C[C@@H]4C[C@@H]2C3)cc1. The van der Waals surface area contributed by atoms with E-state index in [1.165, 1.54) is 0 Å². The number of carbonyl (C=O) groups is 4. The quantitative estimate of drug-likeness (QED) is 0.310. The van der Waals surface area contributed by atoms with Gasteiger partial charge in [-0.25, -0.2) is 0 Å². The van der Waals surface area contributed by atoms with Crippen molar-refractivity contribution >= 4 is 23.3 Å². The molecule has 5 rings (SSSR count). The number of fused-ring (bicyclic) bond motifs is 3. The van der Waals surface area contributed by atoms with Gasteiger partial charge in [-0.15, -0.1) is 0 Å². The van der Waals surface area contributed by atoms with E-state index in [0.717, 1.165) is 11.1 Å². The van der Waals surface area contributed by atoms with Crippen LogP contribution in [0.2, 0.25) is 0 Å². The fourth-order valence-electron chi connectivity index (χ4n) is 6.67. The lowest BCUT2D eigenvalue weighted by Crippen LogP contribution is -2.57. The van der Waals surface area contributed by atoms with Crippen molar-refractivity contribution in [2.45, 2.75) is 57.5 Å². The van der Waals surface area contributed by atoms with Crippen molar-refractivity contribution in [1.29, 1.82) is 0 Å². The van der Waals surface area contributed by atoms with Crippen molar-refractivity contribution in [3.8, 4) is 11.5 Å². The van der Waals surface area contributed by atoms with E-state index in [4.69, 9.17) is 10.5 Å². The number of ether oxygens (including phenoxy) is 1. The molecule has 3 aliphatic rings. The number of methoxy groups -OCH3 is 1. The number of amides is 1. The number of Topliss-reactive ketones (excluding diaryl/α,β-unsaturated/α-hetero) is 3. The summed E-state index contributed by atoms with van der Waals surface area (Å²) in [5.41, 5.74) is 3.86. The van der Waals surface area contributed by atoms with Gasteiger partial charge in [0.1, 0.15) is 34.4 Å². The summed E-state index contributed by atoms with van der Waals surface area (Å²) in [7, 11) is 1.55. The first-order valence-corrected chi connectivity index (χ1v) is 13.8. The molecule has 10 nitrogen and oxygen atoms in total. The minimum absolute atomic E-state index is 0.0588. The van der Waals surface area contributed by atoms with Gasteiger partial charge in [0.15, 0.2) is 11.4 Å². The molecule has 1 amide bonds. The van der Waals surface area contributed by atoms with Crippen LogP contribution in [-0.2, 0) is 33.6 Å². The Morgan fingerprint density at radius 3 is 2.33 bits per heavy atom. The van der Waals surface area contributed by atoms with E-state index in [0.29, 0.717) is 11.3 Å². The third-order valence-corrected chi connectivity index (χ3v) is 8.75. The first-order chi connectivity index (χ1) is 19.8. The van der Waals surface area contributed by atoms with Crippen LogP contribution in [0, 0.1) is 11.8 Å². The van der Waals surface area contributed by atoms with Crippen LogP contribution in [0.5, 0.6) is 11.5 Å². The van der Waals surface area contributed by atoms with E-state index < -0.39 is 52.0 Å². The van der Waals surface area contributed by atoms with Crippen molar-refractivity contribution < 1.29 is 44.3 Å². The Morgan fingerprint density at radius 2 is 1.74 bits per heavy atom. The van der Waals surface area contributed by atoms with Crippen molar-refractivity contribution in [3.05, 3.63) is 80.8 Å². The van der Waals surface area contributed by atoms with Gasteiger partial charge >= 0.3 is 0 Å². The third kappa shape index (κ3) is 4.46. The molecule has 0 saturated heterocycles. The molecule has 0 saturated carbocycles. The predicted octanol–water partition coefficient (Wildman–Crippen LogP) is 3.07. The number of allylic oxidation sites excluding steroid dienone is 2. The zero-order chi connectivity index (χ0) is 30.7. The fraction of sp³-hybridized carbons (Fsp3) is 0.375. The molecule has 42 heavy (non-hydrogen) atoms. The maximum Gasteiger partial charge on any atom is 0.255 e. The van der Waals surface area contributed by atoms with Gasteiger partial charge in [0.05, 0.1) is 12.7 Å². The summed E-state index contributed by atoms with van der Waals surface area (Å²) in [5.74, 6) is -6.38. The highest BCUT2D eigenvalue weighted by atomic mass is 16.5. The first-order valence-electron chi connectivity index (χ1n) is 13.8. The monoisotopic (exact) mass is 575 g/mol. The van der Waals surface area contributed by atoms with Gasteiger partial charge < -0.3 is 30.9 Å². The van der Waals surface area contributed by atoms with Crippen LogP contribution >= 0.6 is 0 Å². The second-order valence-corrected chi connectivity index (χ2v) is 11.6. The summed E-state index contributed by atoms with van der Waals surface area (Å²) < 4.78 is 5.15. The smallest absolute Gasteiger partial charge is 0.255 e. The average molecular weight is 576 g/mol. The molecule has 3 atom stereocenters. The number of ketones is 3. The van der Waals surface area contributed by atoms with E-state index >= 15 is 0 Å². The number of hydrogen-bond donors (Lipinski definition) is 5. The van der Waals surface area contributed by atoms with Crippen LogP contribution in [0.15, 0.2) is 53.0 Å². The molecule has 0 spiro atoms. The Balaban J connectivity index is 1.56. The second kappa shape index (κ2) is 10.4. The second-order valence-electron chi connectivity index (χ2n) is 11.6. The molecular formula is C32H33NO9. The number of rotatable bonds is 7. The average Bonchev–Trinajstić information content (AvgIpc) is 2.92. The van der Waals surface area contributed by atoms with Crippen LogP contribution in [0.4, 0.5) is 0 Å². The largest absolute Gasteiger partial charge is 0.511 e. The van der Waals surface area contributed by atoms with Gasteiger partial charge in [0, 0.05) is 36.3 Å². The number of phenolic OH excluding ortho intramolecular Hbond substituents is 1. The molecule has 6 N–H and O–H groups in total. The lowest BCUT2D eigenvalue weighted by molar-refractivity contribution is -0.144. The minimum Gasteiger partial charge on any atom is -0.511 e. The van der Waals surface area contributed by atoms with Crippen LogP contribution in [0.25, 0.3) is 0 Å². The van der Waals surface area contributed by atoms with Crippen LogP contribution in [0.3, 0.4) is 0 Å². The van der Waals surface area contributed by atoms with Crippen molar-refractivity contribution in [2.75, 3.05) is 7.11 Å². The van der Waals surface area contributed by atoms with Crippen LogP contribution < -0.4 is 10.5 Å². The van der Waals surface area contributed by atoms with Gasteiger partial charge in [-0.2, -0.15) is 0 Å². The summed E-state index contributed by atoms with van der Waals surface area (Å²) >= 11 is 0. The number of aromatic hydroxyl groups is 1. The van der Waals surface area contributed by atoms with Gasteiger partial charge in [-0.05, 0) is 53.5 Å². The number of nitrogens with two attached hydrogens (primary N) is 1. The minimum atomic E-state index is -2.63. The fourth-order valence-corrected chi connectivity index (χ4v) is 6.67. The summed E-state index contributed by atoms with van der Waals surface area (Å²) in [6.45, 7) is 3.85. The molecule has 0 aromatic heterocycles. The van der Waals surface area contributed by atoms with E-state index in [1.807, 2.05) is 13.8 Å². The summed E-state index contributed by atoms with van der Waals surface area (Å²) in [6, 6.07) is 8.77. The van der Waals surface area contributed by atoms with E-state index in [2.05, 4.69) is 0 Å². The Morgan fingerprint density at radius 1 is 1.07 bits per heavy atom. The molecule has 0 bridgehead atoms. The van der Waals surface area contributed by atoms with Crippen LogP contribution in [0.1, 0.15) is 65.2 Å². The van der Waals surface area contributed by atoms with Crippen molar-refractivity contribution in [2.24, 2.45) is 17.6 Å². The number of hydrogen-bond acceptors (Lipinski definition) is 9. The van der Waals surface area contributed by atoms with E-state index in [1.54, 1.807) is 37.4 Å². The zero-order valence-electron chi connectivity index (χ0n) is 23.6. The Bertz CT molecular complexity index is 1600. The molecule has 10 heteroatoms. The number of phenols is 1. The maximum absolute atomic E-state index is 14.0. The highest BCUT2D eigenvalue weighted by molar-refractivity contribution is 6.24. The molecule has 2 aromatic rings. The molecule has 3 aliphatic carbocycles. The highest BCUT2D eigenvalue weighted by Crippen LogP contribution is 2.52. The standard InChI is InChI=1S/C32H33NO9/c1-14(2)21-12-17(10-19(34)8-15-4-6-20(42-3)7-5-15)27(36)25-22(21)11-16-9-18-13-23(35)26(31(33)40)30(39)32(18,41)29(38)24(16)28(25)37/h4-7,12,14,16,18,35-36,38,41H,8-11,13H2,1-3H3,(H2,33,40)/t16-,18+,32+/m1/s1. The predicted molar refractivity (Wildman–Crippen MR) is 150 cm³/mol. The lowest BCUT2D eigenvalue weighted by atomic mass is 9.59. The van der Waals surface area contributed by atoms with Gasteiger partial charge in [0.25, 0.3) is 5.91 Å². The summed E-state index contributed by atoms with van der Waals surface area (Å²) in [5, 5.41) is 44.4. The Hall–Kier alpha value is -4.44. The molecule has 0 heterocycles. The van der Waals surface area contributed by atoms with Gasteiger partial charge in [-0.1, -0.05) is 32.0 Å². The van der Waals surface area contributed by atoms with Gasteiger partial charge in [-0.3, -0.25) is 19.2 Å². The van der Waals surface area contributed by atoms with E-state index in [-0.39, 0.29) is 66.3 Å². The van der Waals surface area contributed by atoms with Crippen molar-refractivity contribution in [3.63, 3.8) is 0 Å². The molecule has 2 aromatic carbocycles. The normalized spacial score (nSPS) is 23.5. The van der Waals surface area contributed by atoms with Crippen LogP contribution in [-0.4, -0.2) is 56.4 Å². The summed E-state index contributed by atoms with van der Waals surface area (Å²) in [4.78, 5) is 52.1. The Labute approximate surface area is 242 Å². The topological polar surface area (TPSA) is 184 Å². The van der Waals surface area contributed by atoms with Crippen molar-refractivity contribution in [1.82, 2.24) is 0 Å². The molecule has 220 valence electrons. The summed E-state index contributed by atoms with van der Waals surface area (Å²) in [6.07, 6.45) is -0.0620. The molecule has 0 aliphatic heterocycles. The number of aliphatic hydroxyl groups is 3. The first kappa shape index (κ1) is 29.1. The third-order valence-electron chi connectivity index (χ3n) is 8.75. The molecular weight excluding hydrogens is 542 g/mol. The number of primary amides is 1. The molecule has 0 fully saturated rings. The van der Waals surface area contributed by atoms with E-state index in [9.17, 15) is 39.6 Å². The number of aliphatic hydroxyl groups excluding tert-OH is 2. The Kier molecular flexibility index (Phi) is 7.22.